The Kier molecular flexibility index (Phi) is 5.14. The average Bonchev–Trinajstić information content (AvgIpc) is 2.74. The van der Waals surface area contributed by atoms with Crippen LogP contribution in [0.25, 0.3) is 33.4 Å². The molecule has 6 heteroatoms. The van der Waals surface area contributed by atoms with Gasteiger partial charge in [-0.1, -0.05) is 29.8 Å². The summed E-state index contributed by atoms with van der Waals surface area (Å²) in [6, 6.07) is 18.1. The molecule has 1 N–H and O–H groups in total. The molecule has 0 radical (unpaired) electrons. The Morgan fingerprint density at radius 3 is 2.41 bits per heavy atom. The van der Waals surface area contributed by atoms with Gasteiger partial charge < -0.3 is 9.84 Å². The number of carboxylic acids is 1. The lowest BCUT2D eigenvalue weighted by atomic mass is 10.0. The van der Waals surface area contributed by atoms with E-state index in [0.717, 1.165) is 16.9 Å². The van der Waals surface area contributed by atoms with Gasteiger partial charge in [-0.2, -0.15) is 0 Å². The predicted octanol–water partition coefficient (Wildman–Crippen LogP) is 5.71. The number of aromatic nitrogens is 2. The molecule has 0 fully saturated rings. The number of pyridine rings is 2. The first-order valence-electron chi connectivity index (χ1n) is 9.08. The number of carboxylic acid groups (broad SMARTS) is 1. The van der Waals surface area contributed by atoms with Crippen molar-refractivity contribution in [2.75, 3.05) is 6.61 Å². The first-order valence-corrected chi connectivity index (χ1v) is 9.46. The molecule has 0 saturated heterocycles. The summed E-state index contributed by atoms with van der Waals surface area (Å²) in [4.78, 5) is 20.8. The van der Waals surface area contributed by atoms with E-state index < -0.39 is 5.97 Å². The van der Waals surface area contributed by atoms with Crippen LogP contribution in [0, 0.1) is 0 Å². The van der Waals surface area contributed by atoms with Gasteiger partial charge in [0.1, 0.15) is 5.75 Å². The van der Waals surface area contributed by atoms with Gasteiger partial charge in [0.2, 0.25) is 0 Å². The third-order valence-electron chi connectivity index (χ3n) is 4.53. The van der Waals surface area contributed by atoms with Crippen LogP contribution in [0.1, 0.15) is 17.3 Å². The van der Waals surface area contributed by atoms with Crippen molar-refractivity contribution in [2.24, 2.45) is 0 Å². The van der Waals surface area contributed by atoms with Crippen molar-refractivity contribution in [3.05, 3.63) is 77.4 Å². The van der Waals surface area contributed by atoms with Gasteiger partial charge in [0.15, 0.2) is 0 Å². The number of carbonyl (C=O) groups is 1. The van der Waals surface area contributed by atoms with Crippen molar-refractivity contribution >= 4 is 28.5 Å². The molecule has 0 amide bonds. The molecular formula is C23H17ClN2O3. The molecule has 2 aromatic heterocycles. The van der Waals surface area contributed by atoms with Crippen molar-refractivity contribution in [1.29, 1.82) is 0 Å². The predicted molar refractivity (Wildman–Crippen MR) is 114 cm³/mol. The van der Waals surface area contributed by atoms with Crippen LogP contribution >= 0.6 is 11.6 Å². The minimum absolute atomic E-state index is 0.143. The lowest BCUT2D eigenvalue weighted by Gasteiger charge is -2.08. The van der Waals surface area contributed by atoms with Crippen LogP contribution in [-0.2, 0) is 0 Å². The van der Waals surface area contributed by atoms with Crippen molar-refractivity contribution in [1.82, 2.24) is 9.97 Å². The fourth-order valence-electron chi connectivity index (χ4n) is 3.13. The average molecular weight is 405 g/mol. The molecule has 5 nitrogen and oxygen atoms in total. The number of halogens is 1. The molecule has 0 bridgehead atoms. The molecule has 0 aliphatic carbocycles. The zero-order valence-electron chi connectivity index (χ0n) is 15.6. The van der Waals surface area contributed by atoms with E-state index in [9.17, 15) is 9.90 Å². The first kappa shape index (κ1) is 18.9. The van der Waals surface area contributed by atoms with Crippen LogP contribution in [0.15, 0.2) is 66.9 Å². The van der Waals surface area contributed by atoms with E-state index in [4.69, 9.17) is 16.3 Å². The van der Waals surface area contributed by atoms with Gasteiger partial charge in [0.05, 0.1) is 29.1 Å². The summed E-state index contributed by atoms with van der Waals surface area (Å²) < 4.78 is 5.47. The molecule has 0 aliphatic heterocycles. The Morgan fingerprint density at radius 2 is 1.76 bits per heavy atom. The summed E-state index contributed by atoms with van der Waals surface area (Å²) in [5, 5.41) is 10.6. The van der Waals surface area contributed by atoms with E-state index in [-0.39, 0.29) is 5.56 Å². The zero-order valence-corrected chi connectivity index (χ0v) is 16.3. The minimum atomic E-state index is -1.04. The Morgan fingerprint density at radius 1 is 1.00 bits per heavy atom. The maximum absolute atomic E-state index is 11.7. The summed E-state index contributed by atoms with van der Waals surface area (Å²) in [5.74, 6) is -0.213. The number of fused-ring (bicyclic) bond motifs is 1. The van der Waals surface area contributed by atoms with Crippen molar-refractivity contribution in [2.45, 2.75) is 6.92 Å². The molecule has 0 unspecified atom stereocenters. The molecule has 144 valence electrons. The molecule has 29 heavy (non-hydrogen) atoms. The highest BCUT2D eigenvalue weighted by molar-refractivity contribution is 6.31. The summed E-state index contributed by atoms with van der Waals surface area (Å²) in [7, 11) is 0. The molecule has 4 aromatic rings. The van der Waals surface area contributed by atoms with E-state index in [0.29, 0.717) is 33.9 Å². The molecule has 0 aliphatic rings. The number of ether oxygens (including phenoxy) is 1. The summed E-state index contributed by atoms with van der Waals surface area (Å²) in [6.45, 7) is 2.57. The van der Waals surface area contributed by atoms with E-state index >= 15 is 0 Å². The molecule has 0 saturated carbocycles. The zero-order chi connectivity index (χ0) is 20.4. The highest BCUT2D eigenvalue weighted by atomic mass is 35.5. The Hall–Kier alpha value is -3.44. The molecule has 0 spiro atoms. The quantitative estimate of drug-likeness (QED) is 0.461. The Labute approximate surface area is 172 Å². The van der Waals surface area contributed by atoms with Gasteiger partial charge in [-0.15, -0.1) is 0 Å². The fourth-order valence-corrected chi connectivity index (χ4v) is 3.30. The highest BCUT2D eigenvalue weighted by Crippen LogP contribution is 2.28. The van der Waals surface area contributed by atoms with Gasteiger partial charge >= 0.3 is 5.97 Å². The third-order valence-corrected chi connectivity index (χ3v) is 4.76. The standard InChI is InChI=1S/C23H17ClN2O3/c1-2-29-17-7-3-14(4-8-17)15-5-9-21(25-13-15)22-12-19(23(27)28)18-11-16(24)6-10-20(18)26-22/h3-13H,2H2,1H3,(H,27,28). The summed E-state index contributed by atoms with van der Waals surface area (Å²) in [6.07, 6.45) is 1.75. The lowest BCUT2D eigenvalue weighted by Crippen LogP contribution is -2.01. The van der Waals surface area contributed by atoms with Crippen LogP contribution in [0.2, 0.25) is 5.02 Å². The second-order valence-electron chi connectivity index (χ2n) is 6.41. The second-order valence-corrected chi connectivity index (χ2v) is 6.85. The first-order chi connectivity index (χ1) is 14.0. The number of aromatic carboxylic acids is 1. The fraction of sp³-hybridized carbons (Fsp3) is 0.0870. The monoisotopic (exact) mass is 404 g/mol. The van der Waals surface area contributed by atoms with Gasteiger partial charge in [-0.05, 0) is 55.0 Å². The Bertz CT molecular complexity index is 1190. The van der Waals surface area contributed by atoms with Gasteiger partial charge in [-0.25, -0.2) is 9.78 Å². The van der Waals surface area contributed by atoms with E-state index in [1.807, 2.05) is 43.3 Å². The maximum atomic E-state index is 11.7. The van der Waals surface area contributed by atoms with Crippen molar-refractivity contribution in [3.8, 4) is 28.3 Å². The van der Waals surface area contributed by atoms with Gasteiger partial charge in [0.25, 0.3) is 0 Å². The number of benzene rings is 2. The number of nitrogens with zero attached hydrogens (tertiary/aromatic N) is 2. The third kappa shape index (κ3) is 3.91. The highest BCUT2D eigenvalue weighted by Gasteiger charge is 2.14. The van der Waals surface area contributed by atoms with Gasteiger partial charge in [-0.3, -0.25) is 4.98 Å². The van der Waals surface area contributed by atoms with E-state index in [1.54, 1.807) is 24.4 Å². The topological polar surface area (TPSA) is 72.3 Å². The van der Waals surface area contributed by atoms with Crippen molar-refractivity contribution < 1.29 is 14.6 Å². The molecule has 2 heterocycles. The number of hydrogen-bond donors (Lipinski definition) is 1. The van der Waals surface area contributed by atoms with Crippen LogP contribution in [-0.4, -0.2) is 27.7 Å². The van der Waals surface area contributed by atoms with E-state index in [1.165, 1.54) is 6.07 Å². The summed E-state index contributed by atoms with van der Waals surface area (Å²) >= 11 is 6.01. The molecule has 2 aromatic carbocycles. The largest absolute Gasteiger partial charge is 0.494 e. The van der Waals surface area contributed by atoms with Crippen LogP contribution < -0.4 is 4.74 Å². The Balaban J connectivity index is 1.71. The normalized spacial score (nSPS) is 10.8. The van der Waals surface area contributed by atoms with Crippen LogP contribution in [0.4, 0.5) is 0 Å². The molecule has 0 atom stereocenters. The van der Waals surface area contributed by atoms with Gasteiger partial charge in [0, 0.05) is 22.2 Å². The second kappa shape index (κ2) is 7.89. The maximum Gasteiger partial charge on any atom is 0.336 e. The minimum Gasteiger partial charge on any atom is -0.494 e. The van der Waals surface area contributed by atoms with Crippen LogP contribution in [0.3, 0.4) is 0 Å². The van der Waals surface area contributed by atoms with Crippen molar-refractivity contribution in [3.63, 3.8) is 0 Å². The smallest absolute Gasteiger partial charge is 0.336 e. The molecular weight excluding hydrogens is 388 g/mol. The van der Waals surface area contributed by atoms with Crippen LogP contribution in [0.5, 0.6) is 5.75 Å². The lowest BCUT2D eigenvalue weighted by molar-refractivity contribution is 0.0699. The SMILES string of the molecule is CCOc1ccc(-c2ccc(-c3cc(C(=O)O)c4cc(Cl)ccc4n3)nc2)cc1. The molecule has 4 rings (SSSR count). The van der Waals surface area contributed by atoms with E-state index in [2.05, 4.69) is 9.97 Å². The number of hydrogen-bond acceptors (Lipinski definition) is 4. The summed E-state index contributed by atoms with van der Waals surface area (Å²) in [5.41, 5.74) is 3.75. The number of rotatable bonds is 5.